The number of benzene rings is 1. The van der Waals surface area contributed by atoms with E-state index >= 15 is 0 Å². The lowest BCUT2D eigenvalue weighted by atomic mass is 10.1. The van der Waals surface area contributed by atoms with Gasteiger partial charge >= 0.3 is 0 Å². The maximum Gasteiger partial charge on any atom is 0.254 e. The van der Waals surface area contributed by atoms with Crippen LogP contribution in [0.1, 0.15) is 40.5 Å². The molecule has 1 aliphatic rings. The van der Waals surface area contributed by atoms with Gasteiger partial charge in [0.25, 0.3) is 5.91 Å². The molecule has 7 nitrogen and oxygen atoms in total. The van der Waals surface area contributed by atoms with Crippen LogP contribution in [-0.2, 0) is 11.2 Å². The number of hydrogen-bond acceptors (Lipinski definition) is 5. The minimum absolute atomic E-state index is 0.0553. The minimum atomic E-state index is -0.383. The Hall–Kier alpha value is -2.77. The van der Waals surface area contributed by atoms with Crippen molar-refractivity contribution in [2.75, 3.05) is 26.2 Å². The van der Waals surface area contributed by atoms with E-state index in [1.165, 1.54) is 6.07 Å². The number of aryl methyl sites for hydroxylation is 3. The van der Waals surface area contributed by atoms with Gasteiger partial charge in [-0.25, -0.2) is 4.39 Å². The average molecular weight is 374 g/mol. The van der Waals surface area contributed by atoms with Crippen molar-refractivity contribution in [1.82, 2.24) is 19.9 Å². The number of hydrogen-bond donors (Lipinski definition) is 0. The summed E-state index contributed by atoms with van der Waals surface area (Å²) in [7, 11) is 0. The number of piperazine rings is 1. The fraction of sp³-hybridized carbons (Fsp3) is 0.474. The second-order valence-corrected chi connectivity index (χ2v) is 6.73. The number of aromatic nitrogens is 2. The van der Waals surface area contributed by atoms with E-state index in [4.69, 9.17) is 4.52 Å². The molecule has 144 valence electrons. The molecule has 0 radical (unpaired) electrons. The topological polar surface area (TPSA) is 79.5 Å². The molecule has 0 N–H and O–H groups in total. The Morgan fingerprint density at radius 1 is 1.15 bits per heavy atom. The Bertz CT molecular complexity index is 828. The van der Waals surface area contributed by atoms with Crippen LogP contribution in [0.5, 0.6) is 0 Å². The van der Waals surface area contributed by atoms with E-state index in [0.717, 1.165) is 0 Å². The van der Waals surface area contributed by atoms with Gasteiger partial charge in [0.05, 0.1) is 0 Å². The van der Waals surface area contributed by atoms with Gasteiger partial charge in [-0.1, -0.05) is 11.2 Å². The molecule has 27 heavy (non-hydrogen) atoms. The molecule has 1 fully saturated rings. The van der Waals surface area contributed by atoms with Crippen LogP contribution in [0, 0.1) is 19.7 Å². The Labute approximate surface area is 157 Å². The zero-order valence-electron chi connectivity index (χ0n) is 15.6. The third-order valence-corrected chi connectivity index (χ3v) is 4.69. The van der Waals surface area contributed by atoms with Crippen molar-refractivity contribution in [1.29, 1.82) is 0 Å². The highest BCUT2D eigenvalue weighted by Gasteiger charge is 2.25. The average Bonchev–Trinajstić information content (AvgIpc) is 3.08. The molecule has 1 aromatic carbocycles. The van der Waals surface area contributed by atoms with Crippen molar-refractivity contribution in [2.45, 2.75) is 33.1 Å². The number of rotatable bonds is 5. The fourth-order valence-electron chi connectivity index (χ4n) is 3.06. The smallest absolute Gasteiger partial charge is 0.254 e. The van der Waals surface area contributed by atoms with Crippen molar-refractivity contribution in [2.24, 2.45) is 0 Å². The first-order valence-electron chi connectivity index (χ1n) is 9.06. The summed E-state index contributed by atoms with van der Waals surface area (Å²) in [4.78, 5) is 32.4. The number of nitrogens with zero attached hydrogens (tertiary/aromatic N) is 4. The summed E-state index contributed by atoms with van der Waals surface area (Å²) >= 11 is 0. The molecule has 0 atom stereocenters. The quantitative estimate of drug-likeness (QED) is 0.801. The van der Waals surface area contributed by atoms with Gasteiger partial charge in [-0.05, 0) is 38.0 Å². The number of amides is 2. The third-order valence-electron chi connectivity index (χ3n) is 4.69. The summed E-state index contributed by atoms with van der Waals surface area (Å²) in [6.07, 6.45) is 1.62. The van der Waals surface area contributed by atoms with E-state index in [0.29, 0.717) is 68.3 Å². The Morgan fingerprint density at radius 3 is 2.48 bits per heavy atom. The van der Waals surface area contributed by atoms with Crippen molar-refractivity contribution < 1.29 is 18.5 Å². The van der Waals surface area contributed by atoms with E-state index in [1.807, 2.05) is 0 Å². The molecule has 0 aliphatic carbocycles. The monoisotopic (exact) mass is 374 g/mol. The molecule has 2 aromatic rings. The minimum Gasteiger partial charge on any atom is -0.339 e. The Kier molecular flexibility index (Phi) is 5.83. The van der Waals surface area contributed by atoms with Gasteiger partial charge in [-0.15, -0.1) is 0 Å². The summed E-state index contributed by atoms with van der Waals surface area (Å²) in [6, 6.07) is 4.51. The highest BCUT2D eigenvalue weighted by atomic mass is 19.1. The van der Waals surface area contributed by atoms with Gasteiger partial charge in [0, 0.05) is 44.6 Å². The molecule has 1 aliphatic heterocycles. The molecule has 3 rings (SSSR count). The first kappa shape index (κ1) is 19.0. The standard InChI is InChI=1S/C19H23FN4O3/c1-13-6-7-15(12-16(13)20)19(26)24-10-8-23(9-11-24)18(25)5-3-4-17-21-14(2)22-27-17/h6-7,12H,3-5,8-11H2,1-2H3. The lowest BCUT2D eigenvalue weighted by Gasteiger charge is -2.35. The van der Waals surface area contributed by atoms with E-state index in [9.17, 15) is 14.0 Å². The third kappa shape index (κ3) is 4.69. The van der Waals surface area contributed by atoms with Gasteiger partial charge in [-0.3, -0.25) is 9.59 Å². The molecule has 2 heterocycles. The predicted octanol–water partition coefficient (Wildman–Crippen LogP) is 2.13. The molecule has 8 heteroatoms. The lowest BCUT2D eigenvalue weighted by molar-refractivity contribution is -0.132. The number of carbonyl (C=O) groups excluding carboxylic acids is 2. The molecule has 0 saturated carbocycles. The van der Waals surface area contributed by atoms with Crippen LogP contribution < -0.4 is 0 Å². The molecule has 1 saturated heterocycles. The summed E-state index contributed by atoms with van der Waals surface area (Å²) < 4.78 is 18.7. The van der Waals surface area contributed by atoms with Crippen molar-refractivity contribution in [3.63, 3.8) is 0 Å². The molecular weight excluding hydrogens is 351 g/mol. The van der Waals surface area contributed by atoms with Crippen LogP contribution >= 0.6 is 0 Å². The second kappa shape index (κ2) is 8.28. The molecule has 0 spiro atoms. The maximum atomic E-state index is 13.7. The zero-order valence-corrected chi connectivity index (χ0v) is 15.6. The molecule has 0 unspecified atom stereocenters. The van der Waals surface area contributed by atoms with Gasteiger partial charge < -0.3 is 14.3 Å². The SMILES string of the molecule is Cc1noc(CCCC(=O)N2CCN(C(=O)c3ccc(C)c(F)c3)CC2)n1. The predicted molar refractivity (Wildman–Crippen MR) is 95.6 cm³/mol. The lowest BCUT2D eigenvalue weighted by Crippen LogP contribution is -2.50. The van der Waals surface area contributed by atoms with Gasteiger partial charge in [0.15, 0.2) is 5.82 Å². The van der Waals surface area contributed by atoms with Crippen molar-refractivity contribution in [3.05, 3.63) is 46.9 Å². The highest BCUT2D eigenvalue weighted by Crippen LogP contribution is 2.14. The summed E-state index contributed by atoms with van der Waals surface area (Å²) in [5.74, 6) is 0.602. The summed E-state index contributed by atoms with van der Waals surface area (Å²) in [5.41, 5.74) is 0.852. The molecule has 2 amide bonds. The van der Waals surface area contributed by atoms with Gasteiger partial charge in [-0.2, -0.15) is 4.98 Å². The van der Waals surface area contributed by atoms with Crippen LogP contribution in [-0.4, -0.2) is 57.9 Å². The Balaban J connectivity index is 1.45. The molecule has 1 aromatic heterocycles. The normalized spacial score (nSPS) is 14.5. The molecule has 0 bridgehead atoms. The summed E-state index contributed by atoms with van der Waals surface area (Å²) in [5, 5.41) is 3.72. The van der Waals surface area contributed by atoms with Crippen molar-refractivity contribution in [3.8, 4) is 0 Å². The fourth-order valence-corrected chi connectivity index (χ4v) is 3.06. The number of halogens is 1. The second-order valence-electron chi connectivity index (χ2n) is 6.73. The first-order chi connectivity index (χ1) is 12.9. The largest absolute Gasteiger partial charge is 0.339 e. The highest BCUT2D eigenvalue weighted by molar-refractivity contribution is 5.94. The van der Waals surface area contributed by atoms with Crippen LogP contribution in [0.3, 0.4) is 0 Å². The van der Waals surface area contributed by atoms with Crippen LogP contribution in [0.15, 0.2) is 22.7 Å². The van der Waals surface area contributed by atoms with Crippen LogP contribution in [0.4, 0.5) is 4.39 Å². The van der Waals surface area contributed by atoms with Crippen molar-refractivity contribution >= 4 is 11.8 Å². The Morgan fingerprint density at radius 2 is 1.85 bits per heavy atom. The molecular formula is C19H23FN4O3. The number of carbonyl (C=O) groups is 2. The van der Waals surface area contributed by atoms with Crippen LogP contribution in [0.2, 0.25) is 0 Å². The van der Waals surface area contributed by atoms with E-state index in [-0.39, 0.29) is 17.6 Å². The zero-order chi connectivity index (χ0) is 19.4. The van der Waals surface area contributed by atoms with E-state index in [2.05, 4.69) is 10.1 Å². The van der Waals surface area contributed by atoms with Gasteiger partial charge in [0.2, 0.25) is 11.8 Å². The first-order valence-corrected chi connectivity index (χ1v) is 9.06. The summed E-state index contributed by atoms with van der Waals surface area (Å²) in [6.45, 7) is 5.28. The van der Waals surface area contributed by atoms with Crippen LogP contribution in [0.25, 0.3) is 0 Å². The van der Waals surface area contributed by atoms with Gasteiger partial charge in [0.1, 0.15) is 5.82 Å². The maximum absolute atomic E-state index is 13.7. The van der Waals surface area contributed by atoms with E-state index in [1.54, 1.807) is 35.8 Å². The van der Waals surface area contributed by atoms with E-state index < -0.39 is 0 Å².